The monoisotopic (exact) mass is 300 g/mol. The molecule has 4 aliphatic carbocycles. The van der Waals surface area contributed by atoms with Crippen molar-refractivity contribution in [2.45, 2.75) is 103 Å². The van der Waals surface area contributed by atoms with Gasteiger partial charge in [0.25, 0.3) is 0 Å². The van der Waals surface area contributed by atoms with Gasteiger partial charge in [-0.1, -0.05) is 57.8 Å². The summed E-state index contributed by atoms with van der Waals surface area (Å²) >= 11 is 0. The molecule has 0 heterocycles. The lowest BCUT2D eigenvalue weighted by atomic mass is 9.50. The first-order valence-corrected chi connectivity index (χ1v) is 10.3. The van der Waals surface area contributed by atoms with Crippen LogP contribution in [-0.2, 0) is 0 Å². The van der Waals surface area contributed by atoms with E-state index in [0.29, 0.717) is 5.41 Å². The van der Waals surface area contributed by atoms with Crippen molar-refractivity contribution in [3.05, 3.63) is 0 Å². The summed E-state index contributed by atoms with van der Waals surface area (Å²) in [6.07, 6.45) is 21.4. The Balaban J connectivity index is 1.31. The van der Waals surface area contributed by atoms with Crippen LogP contribution >= 0.6 is 0 Å². The maximum atomic E-state index is 3.80. The number of unbranched alkanes of at least 4 members (excludes halogenated alkanes) is 8. The van der Waals surface area contributed by atoms with Gasteiger partial charge in [0.2, 0.25) is 0 Å². The van der Waals surface area contributed by atoms with Crippen LogP contribution < -0.4 is 0 Å². The maximum Gasteiger partial charge on any atom is 0.0322 e. The molecule has 0 aromatic carbocycles. The third kappa shape index (κ3) is 4.31. The Bertz CT molecular complexity index is 359. The lowest BCUT2D eigenvalue weighted by Crippen LogP contribution is -2.45. The summed E-state index contributed by atoms with van der Waals surface area (Å²) in [5.41, 5.74) is 0.481. The van der Waals surface area contributed by atoms with Crippen molar-refractivity contribution in [3.63, 3.8) is 0 Å². The largest absolute Gasteiger partial charge is 0.103 e. The summed E-state index contributed by atoms with van der Waals surface area (Å²) in [6, 6.07) is 0. The zero-order valence-corrected chi connectivity index (χ0v) is 14.8. The minimum atomic E-state index is 0.481. The van der Waals surface area contributed by atoms with Gasteiger partial charge in [-0.2, -0.15) is 0 Å². The second kappa shape index (κ2) is 7.90. The molecule has 4 saturated carbocycles. The molecule has 0 radical (unpaired) electrons. The molecule has 0 nitrogen and oxygen atoms in total. The molecule has 0 amide bonds. The van der Waals surface area contributed by atoms with Gasteiger partial charge in [0, 0.05) is 11.8 Å². The molecule has 0 aliphatic heterocycles. The molecular formula is C22H36. The van der Waals surface area contributed by atoms with E-state index in [2.05, 4.69) is 18.8 Å². The van der Waals surface area contributed by atoms with Crippen LogP contribution in [0.1, 0.15) is 103 Å². The van der Waals surface area contributed by atoms with Crippen LogP contribution in [0.3, 0.4) is 0 Å². The summed E-state index contributed by atoms with van der Waals surface area (Å²) in [7, 11) is 0. The molecule has 0 unspecified atom stereocenters. The van der Waals surface area contributed by atoms with Gasteiger partial charge in [-0.3, -0.25) is 0 Å². The van der Waals surface area contributed by atoms with E-state index < -0.39 is 0 Å². The molecule has 0 aromatic heterocycles. The van der Waals surface area contributed by atoms with Crippen LogP contribution in [0, 0.1) is 35.0 Å². The van der Waals surface area contributed by atoms with Crippen LogP contribution in [0.2, 0.25) is 0 Å². The fourth-order valence-corrected chi connectivity index (χ4v) is 5.86. The highest BCUT2D eigenvalue weighted by molar-refractivity contribution is 5.18. The average molecular weight is 301 g/mol. The molecule has 0 aromatic rings. The Hall–Kier alpha value is -0.440. The third-order valence-corrected chi connectivity index (χ3v) is 6.55. The quantitative estimate of drug-likeness (QED) is 0.344. The van der Waals surface area contributed by atoms with E-state index in [-0.39, 0.29) is 0 Å². The van der Waals surface area contributed by atoms with E-state index in [1.54, 1.807) is 0 Å². The van der Waals surface area contributed by atoms with Crippen molar-refractivity contribution in [2.24, 2.45) is 23.2 Å². The van der Waals surface area contributed by atoms with Gasteiger partial charge in [-0.05, 0) is 62.7 Å². The van der Waals surface area contributed by atoms with E-state index >= 15 is 0 Å². The Morgan fingerprint density at radius 1 is 0.727 bits per heavy atom. The van der Waals surface area contributed by atoms with Gasteiger partial charge in [0.1, 0.15) is 0 Å². The predicted octanol–water partition coefficient (Wildman–Crippen LogP) is 6.74. The van der Waals surface area contributed by atoms with Crippen molar-refractivity contribution in [1.82, 2.24) is 0 Å². The lowest BCUT2D eigenvalue weighted by molar-refractivity contribution is -0.0181. The molecule has 4 bridgehead atoms. The van der Waals surface area contributed by atoms with Crippen molar-refractivity contribution < 1.29 is 0 Å². The molecule has 124 valence electrons. The molecule has 0 N–H and O–H groups in total. The Morgan fingerprint density at radius 2 is 1.23 bits per heavy atom. The van der Waals surface area contributed by atoms with Gasteiger partial charge in [0.15, 0.2) is 0 Å². The summed E-state index contributed by atoms with van der Waals surface area (Å²) < 4.78 is 0. The number of hydrogen-bond donors (Lipinski definition) is 0. The minimum Gasteiger partial charge on any atom is -0.103 e. The fraction of sp³-hybridized carbons (Fsp3) is 0.909. The summed E-state index contributed by atoms with van der Waals surface area (Å²) in [5.74, 6) is 10.5. The molecule has 4 rings (SSSR count). The van der Waals surface area contributed by atoms with Gasteiger partial charge >= 0.3 is 0 Å². The van der Waals surface area contributed by atoms with Crippen LogP contribution in [-0.4, -0.2) is 0 Å². The molecular weight excluding hydrogens is 264 g/mol. The maximum absolute atomic E-state index is 3.80. The van der Waals surface area contributed by atoms with E-state index in [1.807, 2.05) is 0 Å². The van der Waals surface area contributed by atoms with Crippen LogP contribution in [0.25, 0.3) is 0 Å². The standard InChI is InChI=1S/C22H36/c1-2-3-4-5-6-7-8-9-10-11-12-22-16-19-13-20(17-22)15-21(14-19)18-22/h19-21H,2-10,13-18H2,1H3. The Kier molecular flexibility index (Phi) is 5.89. The first-order chi connectivity index (χ1) is 10.8. The van der Waals surface area contributed by atoms with Crippen molar-refractivity contribution in [1.29, 1.82) is 0 Å². The summed E-state index contributed by atoms with van der Waals surface area (Å²) in [6.45, 7) is 2.29. The minimum absolute atomic E-state index is 0.481. The topological polar surface area (TPSA) is 0 Å². The third-order valence-electron chi connectivity index (χ3n) is 6.55. The number of hydrogen-bond acceptors (Lipinski definition) is 0. The van der Waals surface area contributed by atoms with Crippen LogP contribution in [0.15, 0.2) is 0 Å². The van der Waals surface area contributed by atoms with E-state index in [1.165, 1.54) is 89.9 Å². The van der Waals surface area contributed by atoms with Gasteiger partial charge < -0.3 is 0 Å². The molecule has 22 heavy (non-hydrogen) atoms. The SMILES string of the molecule is CCCCCCCCCCC#CC12CC3CC(CC(C3)C1)C2. The van der Waals surface area contributed by atoms with Crippen molar-refractivity contribution >= 4 is 0 Å². The van der Waals surface area contributed by atoms with Gasteiger partial charge in [-0.15, -0.1) is 5.92 Å². The Labute approximate surface area is 138 Å². The highest BCUT2D eigenvalue weighted by Gasteiger charge is 2.50. The zero-order valence-electron chi connectivity index (χ0n) is 14.8. The van der Waals surface area contributed by atoms with Crippen LogP contribution in [0.4, 0.5) is 0 Å². The van der Waals surface area contributed by atoms with Gasteiger partial charge in [0.05, 0.1) is 0 Å². The molecule has 0 saturated heterocycles. The lowest BCUT2D eigenvalue weighted by Gasteiger charge is -2.54. The smallest absolute Gasteiger partial charge is 0.0322 e. The average Bonchev–Trinajstić information content (AvgIpc) is 2.48. The first kappa shape index (κ1) is 16.4. The van der Waals surface area contributed by atoms with E-state index in [9.17, 15) is 0 Å². The fourth-order valence-electron chi connectivity index (χ4n) is 5.86. The van der Waals surface area contributed by atoms with Gasteiger partial charge in [-0.25, -0.2) is 0 Å². The predicted molar refractivity (Wildman–Crippen MR) is 95.6 cm³/mol. The normalized spacial score (nSPS) is 35.4. The molecule has 0 atom stereocenters. The second-order valence-electron chi connectivity index (χ2n) is 8.72. The summed E-state index contributed by atoms with van der Waals surface area (Å²) in [5, 5.41) is 0. The molecule has 4 fully saturated rings. The van der Waals surface area contributed by atoms with Crippen molar-refractivity contribution in [2.75, 3.05) is 0 Å². The van der Waals surface area contributed by atoms with Crippen LogP contribution in [0.5, 0.6) is 0 Å². The molecule has 0 spiro atoms. The van der Waals surface area contributed by atoms with Crippen molar-refractivity contribution in [3.8, 4) is 11.8 Å². The van der Waals surface area contributed by atoms with E-state index in [0.717, 1.165) is 24.2 Å². The highest BCUT2D eigenvalue weighted by Crippen LogP contribution is 2.59. The number of rotatable bonds is 8. The highest BCUT2D eigenvalue weighted by atomic mass is 14.5. The van der Waals surface area contributed by atoms with E-state index in [4.69, 9.17) is 0 Å². The second-order valence-corrected chi connectivity index (χ2v) is 8.72. The molecule has 4 aliphatic rings. The molecule has 0 heteroatoms. The Morgan fingerprint density at radius 3 is 1.77 bits per heavy atom. The first-order valence-electron chi connectivity index (χ1n) is 10.3. The zero-order chi connectivity index (χ0) is 15.3. The summed E-state index contributed by atoms with van der Waals surface area (Å²) in [4.78, 5) is 0.